The summed E-state index contributed by atoms with van der Waals surface area (Å²) >= 11 is 0. The predicted molar refractivity (Wildman–Crippen MR) is 109 cm³/mol. The molecule has 0 atom stereocenters. The van der Waals surface area contributed by atoms with E-state index in [1.807, 2.05) is 12.3 Å². The molecule has 0 amide bonds. The lowest BCUT2D eigenvalue weighted by Crippen LogP contribution is -2.31. The van der Waals surface area contributed by atoms with Gasteiger partial charge in [-0.3, -0.25) is 15.1 Å². The fourth-order valence-corrected chi connectivity index (χ4v) is 3.82. The molecule has 27 heavy (non-hydrogen) atoms. The number of anilines is 1. The van der Waals surface area contributed by atoms with Crippen LogP contribution in [0.5, 0.6) is 0 Å². The van der Waals surface area contributed by atoms with Crippen LogP contribution in [-0.4, -0.2) is 28.8 Å². The fraction of sp³-hybridized carbons (Fsp3) is 0.286. The van der Waals surface area contributed by atoms with Crippen molar-refractivity contribution < 1.29 is 4.92 Å². The smallest absolute Gasteiger partial charge is 0.269 e. The number of nitro groups is 1. The normalized spacial score (nSPS) is 14.9. The van der Waals surface area contributed by atoms with Crippen LogP contribution < -0.4 is 4.90 Å². The van der Waals surface area contributed by atoms with Crippen molar-refractivity contribution in [3.63, 3.8) is 0 Å². The molecule has 0 N–H and O–H groups in total. The van der Waals surface area contributed by atoms with Gasteiger partial charge in [-0.15, -0.1) is 0 Å². The zero-order chi connectivity index (χ0) is 18.8. The first-order valence-electron chi connectivity index (χ1n) is 9.26. The van der Waals surface area contributed by atoms with Gasteiger partial charge in [0, 0.05) is 49.4 Å². The lowest BCUT2D eigenvalue weighted by molar-refractivity contribution is -0.384. The molecular formula is C21H22N4O2. The number of piperidine rings is 1. The van der Waals surface area contributed by atoms with Crippen LogP contribution in [-0.2, 0) is 7.05 Å². The van der Waals surface area contributed by atoms with E-state index >= 15 is 0 Å². The van der Waals surface area contributed by atoms with Gasteiger partial charge in [0.05, 0.1) is 16.1 Å². The van der Waals surface area contributed by atoms with Gasteiger partial charge in [-0.05, 0) is 37.5 Å². The molecule has 6 heteroatoms. The predicted octanol–water partition coefficient (Wildman–Crippen LogP) is 4.83. The van der Waals surface area contributed by atoms with Crippen LogP contribution in [0.1, 0.15) is 24.8 Å². The minimum Gasteiger partial charge on any atom is -0.357 e. The molecule has 0 spiro atoms. The van der Waals surface area contributed by atoms with Crippen molar-refractivity contribution >= 4 is 34.3 Å². The highest BCUT2D eigenvalue weighted by atomic mass is 16.6. The van der Waals surface area contributed by atoms with Gasteiger partial charge in [0.25, 0.3) is 5.69 Å². The zero-order valence-corrected chi connectivity index (χ0v) is 15.3. The first-order valence-corrected chi connectivity index (χ1v) is 9.26. The van der Waals surface area contributed by atoms with Crippen LogP contribution >= 0.6 is 0 Å². The standard InChI is InChI=1S/C21H22N4O2/c1-23-20-8-4-3-7-18(20)19(21(23)24-13-5-2-6-14-24)15-22-16-9-11-17(12-10-16)25(26)27/h3-4,7-12,15H,2,5-6,13-14H2,1H3. The molecule has 0 aliphatic carbocycles. The Bertz CT molecular complexity index is 999. The average Bonchev–Trinajstić information content (AvgIpc) is 2.99. The van der Waals surface area contributed by atoms with Gasteiger partial charge >= 0.3 is 0 Å². The van der Waals surface area contributed by atoms with Crippen LogP contribution in [0, 0.1) is 10.1 Å². The second-order valence-corrected chi connectivity index (χ2v) is 6.89. The number of rotatable bonds is 4. The Labute approximate surface area is 157 Å². The van der Waals surface area contributed by atoms with Crippen molar-refractivity contribution in [2.75, 3.05) is 18.0 Å². The summed E-state index contributed by atoms with van der Waals surface area (Å²) in [5, 5.41) is 12.0. The quantitative estimate of drug-likeness (QED) is 0.379. The van der Waals surface area contributed by atoms with Crippen molar-refractivity contribution in [1.82, 2.24) is 4.57 Å². The first-order chi connectivity index (χ1) is 13.1. The number of para-hydroxylation sites is 1. The van der Waals surface area contributed by atoms with Gasteiger partial charge in [-0.25, -0.2) is 0 Å². The fourth-order valence-electron chi connectivity index (χ4n) is 3.82. The Balaban J connectivity index is 1.76. The highest BCUT2D eigenvalue weighted by Crippen LogP contribution is 2.33. The van der Waals surface area contributed by atoms with E-state index in [1.165, 1.54) is 48.1 Å². The maximum Gasteiger partial charge on any atom is 0.269 e. The maximum absolute atomic E-state index is 10.8. The molecule has 1 aromatic heterocycles. The Morgan fingerprint density at radius 2 is 1.74 bits per heavy atom. The van der Waals surface area contributed by atoms with E-state index in [4.69, 9.17) is 0 Å². The molecule has 0 bridgehead atoms. The van der Waals surface area contributed by atoms with E-state index in [1.54, 1.807) is 12.1 Å². The number of fused-ring (bicyclic) bond motifs is 1. The number of hydrogen-bond donors (Lipinski definition) is 0. The van der Waals surface area contributed by atoms with Crippen LogP contribution in [0.25, 0.3) is 10.9 Å². The monoisotopic (exact) mass is 362 g/mol. The van der Waals surface area contributed by atoms with Crippen LogP contribution in [0.15, 0.2) is 53.5 Å². The topological polar surface area (TPSA) is 63.7 Å². The van der Waals surface area contributed by atoms with Crippen molar-refractivity contribution in [3.05, 3.63) is 64.2 Å². The van der Waals surface area contributed by atoms with E-state index in [0.717, 1.165) is 18.7 Å². The van der Waals surface area contributed by atoms with E-state index in [0.29, 0.717) is 5.69 Å². The van der Waals surface area contributed by atoms with Gasteiger partial charge in [-0.1, -0.05) is 18.2 Å². The number of nitro benzene ring substituents is 1. The van der Waals surface area contributed by atoms with E-state index in [9.17, 15) is 10.1 Å². The average molecular weight is 362 g/mol. The van der Waals surface area contributed by atoms with E-state index in [-0.39, 0.29) is 5.69 Å². The number of aliphatic imine (C=N–C) groups is 1. The van der Waals surface area contributed by atoms with Crippen molar-refractivity contribution in [2.24, 2.45) is 12.0 Å². The molecular weight excluding hydrogens is 340 g/mol. The van der Waals surface area contributed by atoms with Crippen molar-refractivity contribution in [1.29, 1.82) is 0 Å². The summed E-state index contributed by atoms with van der Waals surface area (Å²) < 4.78 is 2.25. The van der Waals surface area contributed by atoms with Gasteiger partial charge in [0.2, 0.25) is 0 Å². The summed E-state index contributed by atoms with van der Waals surface area (Å²) in [6.07, 6.45) is 5.60. The molecule has 2 heterocycles. The SMILES string of the molecule is Cn1c(N2CCCCC2)c(C=Nc2ccc([N+](=O)[O-])cc2)c2ccccc21. The lowest BCUT2D eigenvalue weighted by atomic mass is 10.1. The van der Waals surface area contributed by atoms with Gasteiger partial charge in [0.15, 0.2) is 0 Å². The molecule has 0 radical (unpaired) electrons. The minimum atomic E-state index is -0.396. The largest absolute Gasteiger partial charge is 0.357 e. The van der Waals surface area contributed by atoms with Gasteiger partial charge in [0.1, 0.15) is 5.82 Å². The molecule has 1 saturated heterocycles. The summed E-state index contributed by atoms with van der Waals surface area (Å²) in [7, 11) is 2.11. The summed E-state index contributed by atoms with van der Waals surface area (Å²) in [6, 6.07) is 14.7. The van der Waals surface area contributed by atoms with Crippen LogP contribution in [0.4, 0.5) is 17.2 Å². The summed E-state index contributed by atoms with van der Waals surface area (Å²) in [5.41, 5.74) is 3.07. The molecule has 1 aliphatic heterocycles. The Hall–Kier alpha value is -3.15. The van der Waals surface area contributed by atoms with Crippen molar-refractivity contribution in [2.45, 2.75) is 19.3 Å². The number of hydrogen-bond acceptors (Lipinski definition) is 4. The van der Waals surface area contributed by atoms with Crippen LogP contribution in [0.3, 0.4) is 0 Å². The Morgan fingerprint density at radius 3 is 2.44 bits per heavy atom. The molecule has 4 rings (SSSR count). The second-order valence-electron chi connectivity index (χ2n) is 6.89. The Morgan fingerprint density at radius 1 is 1.04 bits per heavy atom. The number of benzene rings is 2. The van der Waals surface area contributed by atoms with Gasteiger partial charge in [-0.2, -0.15) is 0 Å². The molecule has 1 fully saturated rings. The van der Waals surface area contributed by atoms with E-state index < -0.39 is 4.92 Å². The third kappa shape index (κ3) is 3.30. The van der Waals surface area contributed by atoms with Gasteiger partial charge < -0.3 is 9.47 Å². The highest BCUT2D eigenvalue weighted by Gasteiger charge is 2.20. The lowest BCUT2D eigenvalue weighted by Gasteiger charge is -2.29. The molecule has 1 aliphatic rings. The highest BCUT2D eigenvalue weighted by molar-refractivity contribution is 6.06. The minimum absolute atomic E-state index is 0.0770. The summed E-state index contributed by atoms with van der Waals surface area (Å²) in [5.74, 6) is 1.20. The molecule has 3 aromatic rings. The third-order valence-corrected chi connectivity index (χ3v) is 5.17. The molecule has 2 aromatic carbocycles. The maximum atomic E-state index is 10.8. The first kappa shape index (κ1) is 17.3. The number of aryl methyl sites for hydroxylation is 1. The molecule has 0 unspecified atom stereocenters. The summed E-state index contributed by atoms with van der Waals surface area (Å²) in [6.45, 7) is 2.12. The molecule has 138 valence electrons. The van der Waals surface area contributed by atoms with Crippen molar-refractivity contribution in [3.8, 4) is 0 Å². The van der Waals surface area contributed by atoms with E-state index in [2.05, 4.69) is 39.7 Å². The Kier molecular flexibility index (Phi) is 4.62. The van der Waals surface area contributed by atoms with Crippen LogP contribution in [0.2, 0.25) is 0 Å². The second kappa shape index (κ2) is 7.23. The third-order valence-electron chi connectivity index (χ3n) is 5.17. The molecule has 6 nitrogen and oxygen atoms in total. The summed E-state index contributed by atoms with van der Waals surface area (Å²) in [4.78, 5) is 17.5. The number of aromatic nitrogens is 1. The molecule has 0 saturated carbocycles. The zero-order valence-electron chi connectivity index (χ0n) is 15.3. The number of nitrogens with zero attached hydrogens (tertiary/aromatic N) is 4. The number of non-ortho nitro benzene ring substituents is 1.